The first kappa shape index (κ1) is 19.3. The molecule has 0 unspecified atom stereocenters. The smallest absolute Gasteiger partial charge is 0.267 e. The Balaban J connectivity index is 1.55. The Labute approximate surface area is 172 Å². The minimum absolute atomic E-state index is 0.203. The lowest BCUT2D eigenvalue weighted by molar-refractivity contribution is -0.117. The molecule has 2 aromatic heterocycles. The molecule has 8 nitrogen and oxygen atoms in total. The first-order chi connectivity index (χ1) is 14.6. The molecule has 0 bridgehead atoms. The van der Waals surface area contributed by atoms with Crippen LogP contribution in [-0.4, -0.2) is 34.9 Å². The number of hydrogen-bond donors (Lipinski definition) is 2. The lowest BCUT2D eigenvalue weighted by Crippen LogP contribution is -2.29. The first-order valence-corrected chi connectivity index (χ1v) is 9.25. The number of rotatable bonds is 6. The van der Waals surface area contributed by atoms with Crippen molar-refractivity contribution < 1.29 is 14.3 Å². The predicted molar refractivity (Wildman–Crippen MR) is 114 cm³/mol. The molecule has 4 aromatic rings. The van der Waals surface area contributed by atoms with Gasteiger partial charge in [0.25, 0.3) is 5.56 Å². The second kappa shape index (κ2) is 8.12. The van der Waals surface area contributed by atoms with E-state index >= 15 is 0 Å². The minimum Gasteiger partial charge on any atom is -0.493 e. The van der Waals surface area contributed by atoms with Crippen LogP contribution in [0.2, 0.25) is 0 Å². The van der Waals surface area contributed by atoms with Gasteiger partial charge in [-0.2, -0.15) is 5.10 Å². The molecule has 0 saturated carbocycles. The molecular formula is C22H20N4O4. The Bertz CT molecular complexity index is 1280. The van der Waals surface area contributed by atoms with Crippen LogP contribution in [0.15, 0.2) is 65.6 Å². The van der Waals surface area contributed by atoms with Crippen LogP contribution in [0.5, 0.6) is 11.5 Å². The molecule has 152 valence electrons. The molecular weight excluding hydrogens is 384 g/mol. The maximum Gasteiger partial charge on any atom is 0.267 e. The van der Waals surface area contributed by atoms with Gasteiger partial charge in [0.2, 0.25) is 5.91 Å². The van der Waals surface area contributed by atoms with E-state index in [1.54, 1.807) is 38.5 Å². The van der Waals surface area contributed by atoms with E-state index < -0.39 is 0 Å². The van der Waals surface area contributed by atoms with E-state index in [9.17, 15) is 9.59 Å². The van der Waals surface area contributed by atoms with Gasteiger partial charge in [0.1, 0.15) is 6.54 Å². The average Bonchev–Trinajstić information content (AvgIpc) is 3.22. The molecule has 0 spiro atoms. The molecule has 30 heavy (non-hydrogen) atoms. The second-order valence-corrected chi connectivity index (χ2v) is 6.61. The van der Waals surface area contributed by atoms with Crippen molar-refractivity contribution >= 4 is 22.5 Å². The molecule has 8 heteroatoms. The minimum atomic E-state index is -0.365. The highest BCUT2D eigenvalue weighted by Gasteiger charge is 2.11. The van der Waals surface area contributed by atoms with Crippen molar-refractivity contribution in [3.8, 4) is 22.8 Å². The molecule has 0 saturated heterocycles. The molecule has 1 amide bonds. The first-order valence-electron chi connectivity index (χ1n) is 9.25. The maximum atomic E-state index is 12.5. The van der Waals surface area contributed by atoms with Gasteiger partial charge in [0.05, 0.1) is 19.9 Å². The summed E-state index contributed by atoms with van der Waals surface area (Å²) in [6.07, 6.45) is 1.83. The van der Waals surface area contributed by atoms with Crippen LogP contribution in [0.1, 0.15) is 0 Å². The summed E-state index contributed by atoms with van der Waals surface area (Å²) in [5, 5.41) is 8.13. The number of aromatic amines is 1. The molecule has 2 aromatic carbocycles. The topological polar surface area (TPSA) is 98.2 Å². The van der Waals surface area contributed by atoms with Crippen molar-refractivity contribution in [1.29, 1.82) is 0 Å². The number of H-pyrrole nitrogens is 1. The number of ether oxygens (including phenoxy) is 2. The number of carbonyl (C=O) groups is 1. The highest BCUT2D eigenvalue weighted by molar-refractivity contribution is 5.93. The fourth-order valence-corrected chi connectivity index (χ4v) is 3.18. The fourth-order valence-electron chi connectivity index (χ4n) is 3.18. The SMILES string of the molecule is COc1ccc(-c2ccc(=O)n(CC(=O)Nc3ccc4[nH]ccc4c3)n2)cc1OC. The Hall–Kier alpha value is -4.07. The second-order valence-electron chi connectivity index (χ2n) is 6.61. The van der Waals surface area contributed by atoms with Crippen molar-refractivity contribution in [2.75, 3.05) is 19.5 Å². The van der Waals surface area contributed by atoms with Crippen molar-refractivity contribution in [2.24, 2.45) is 0 Å². The maximum absolute atomic E-state index is 12.5. The number of amides is 1. The van der Waals surface area contributed by atoms with Crippen LogP contribution in [0.4, 0.5) is 5.69 Å². The standard InChI is InChI=1S/C22H20N4O4/c1-29-19-7-3-14(12-20(19)30-2)18-6-8-22(28)26(25-18)13-21(27)24-16-4-5-17-15(11-16)9-10-23-17/h3-12,23H,13H2,1-2H3,(H,24,27). The van der Waals surface area contributed by atoms with E-state index in [-0.39, 0.29) is 18.0 Å². The third-order valence-corrected chi connectivity index (χ3v) is 4.68. The molecule has 4 rings (SSSR count). The van der Waals surface area contributed by atoms with Gasteiger partial charge in [-0.15, -0.1) is 0 Å². The summed E-state index contributed by atoms with van der Waals surface area (Å²) < 4.78 is 11.7. The molecule has 0 radical (unpaired) electrons. The number of aromatic nitrogens is 3. The Kier molecular flexibility index (Phi) is 5.21. The quantitative estimate of drug-likeness (QED) is 0.515. The van der Waals surface area contributed by atoms with Gasteiger partial charge >= 0.3 is 0 Å². The number of anilines is 1. The van der Waals surface area contributed by atoms with Gasteiger partial charge in [-0.1, -0.05) is 0 Å². The number of fused-ring (bicyclic) bond motifs is 1. The molecule has 0 fully saturated rings. The van der Waals surface area contributed by atoms with Crippen molar-refractivity contribution in [3.05, 3.63) is 71.1 Å². The van der Waals surface area contributed by atoms with Gasteiger partial charge in [-0.25, -0.2) is 4.68 Å². The van der Waals surface area contributed by atoms with Crippen molar-refractivity contribution in [3.63, 3.8) is 0 Å². The largest absolute Gasteiger partial charge is 0.493 e. The van der Waals surface area contributed by atoms with E-state index in [0.717, 1.165) is 21.1 Å². The Morgan fingerprint density at radius 3 is 2.67 bits per heavy atom. The van der Waals surface area contributed by atoms with Gasteiger partial charge in [-0.3, -0.25) is 9.59 Å². The van der Waals surface area contributed by atoms with E-state index in [2.05, 4.69) is 15.4 Å². The molecule has 2 N–H and O–H groups in total. The van der Waals surface area contributed by atoms with E-state index in [1.807, 2.05) is 30.5 Å². The average molecular weight is 404 g/mol. The summed E-state index contributed by atoms with van der Waals surface area (Å²) >= 11 is 0. The predicted octanol–water partition coefficient (Wildman–Crippen LogP) is 3.05. The van der Waals surface area contributed by atoms with Crippen LogP contribution in [0, 0.1) is 0 Å². The number of nitrogens with zero attached hydrogens (tertiary/aromatic N) is 2. The van der Waals surface area contributed by atoms with Crippen LogP contribution in [0.25, 0.3) is 22.2 Å². The third-order valence-electron chi connectivity index (χ3n) is 4.68. The van der Waals surface area contributed by atoms with E-state index in [0.29, 0.717) is 22.9 Å². The number of nitrogens with one attached hydrogen (secondary N) is 2. The molecule has 2 heterocycles. The lowest BCUT2D eigenvalue weighted by atomic mass is 10.1. The lowest BCUT2D eigenvalue weighted by Gasteiger charge is -2.11. The normalized spacial score (nSPS) is 10.7. The summed E-state index contributed by atoms with van der Waals surface area (Å²) in [6.45, 7) is -0.203. The zero-order valence-corrected chi connectivity index (χ0v) is 16.5. The van der Waals surface area contributed by atoms with Gasteiger partial charge in [0.15, 0.2) is 11.5 Å². The third kappa shape index (κ3) is 3.88. The van der Waals surface area contributed by atoms with Crippen LogP contribution in [0.3, 0.4) is 0 Å². The Morgan fingerprint density at radius 2 is 1.87 bits per heavy atom. The molecule has 0 aliphatic rings. The van der Waals surface area contributed by atoms with E-state index in [4.69, 9.17) is 9.47 Å². The van der Waals surface area contributed by atoms with Crippen LogP contribution in [-0.2, 0) is 11.3 Å². The zero-order valence-electron chi connectivity index (χ0n) is 16.5. The van der Waals surface area contributed by atoms with Gasteiger partial charge < -0.3 is 19.8 Å². The number of carbonyl (C=O) groups excluding carboxylic acids is 1. The van der Waals surface area contributed by atoms with Crippen molar-refractivity contribution in [2.45, 2.75) is 6.54 Å². The van der Waals surface area contributed by atoms with Crippen molar-refractivity contribution in [1.82, 2.24) is 14.8 Å². The zero-order chi connectivity index (χ0) is 21.1. The molecule has 0 atom stereocenters. The molecule has 0 aliphatic heterocycles. The summed E-state index contributed by atoms with van der Waals surface area (Å²) in [7, 11) is 3.10. The highest BCUT2D eigenvalue weighted by atomic mass is 16.5. The number of methoxy groups -OCH3 is 2. The monoisotopic (exact) mass is 404 g/mol. The fraction of sp³-hybridized carbons (Fsp3) is 0.136. The number of benzene rings is 2. The Morgan fingerprint density at radius 1 is 1.03 bits per heavy atom. The highest BCUT2D eigenvalue weighted by Crippen LogP contribution is 2.31. The molecule has 0 aliphatic carbocycles. The summed E-state index contributed by atoms with van der Waals surface area (Å²) in [6, 6.07) is 15.8. The summed E-state index contributed by atoms with van der Waals surface area (Å²) in [5.74, 6) is 0.796. The summed E-state index contributed by atoms with van der Waals surface area (Å²) in [5.41, 5.74) is 2.54. The van der Waals surface area contributed by atoms with Crippen LogP contribution >= 0.6 is 0 Å². The van der Waals surface area contributed by atoms with Gasteiger partial charge in [-0.05, 0) is 48.5 Å². The summed E-state index contributed by atoms with van der Waals surface area (Å²) in [4.78, 5) is 27.8. The number of hydrogen-bond acceptors (Lipinski definition) is 5. The van der Waals surface area contributed by atoms with Gasteiger partial charge in [0, 0.05) is 34.4 Å². The van der Waals surface area contributed by atoms with Crippen LogP contribution < -0.4 is 20.3 Å². The van der Waals surface area contributed by atoms with E-state index in [1.165, 1.54) is 6.07 Å².